The lowest BCUT2D eigenvalue weighted by Gasteiger charge is -2.23. The van der Waals surface area contributed by atoms with E-state index >= 15 is 0 Å². The number of hydrogen-bond acceptors (Lipinski definition) is 6. The van der Waals surface area contributed by atoms with Crippen molar-refractivity contribution >= 4 is 23.3 Å². The lowest BCUT2D eigenvalue weighted by Crippen LogP contribution is -2.40. The van der Waals surface area contributed by atoms with Crippen LogP contribution in [0.25, 0.3) is 10.6 Å². The maximum absolute atomic E-state index is 13.3. The predicted octanol–water partition coefficient (Wildman–Crippen LogP) is 4.25. The molecule has 2 aliphatic rings. The number of thiazole rings is 1. The summed E-state index contributed by atoms with van der Waals surface area (Å²) in [5.74, 6) is 0.917. The van der Waals surface area contributed by atoms with Crippen molar-refractivity contribution in [1.29, 1.82) is 0 Å². The summed E-state index contributed by atoms with van der Waals surface area (Å²) in [5, 5.41) is 5.60. The highest BCUT2D eigenvalue weighted by Gasteiger charge is 2.49. The van der Waals surface area contributed by atoms with E-state index in [0.717, 1.165) is 17.0 Å². The third-order valence-corrected chi connectivity index (χ3v) is 6.71. The van der Waals surface area contributed by atoms with Gasteiger partial charge >= 0.3 is 6.03 Å². The van der Waals surface area contributed by atoms with Crippen molar-refractivity contribution in [1.82, 2.24) is 15.2 Å². The smallest absolute Gasteiger partial charge is 0.325 e. The molecule has 1 aromatic heterocycles. The third kappa shape index (κ3) is 3.60. The average Bonchev–Trinajstić information content (AvgIpc) is 3.23. The van der Waals surface area contributed by atoms with Crippen LogP contribution in [0.2, 0.25) is 0 Å². The second kappa shape index (κ2) is 7.94. The molecule has 8 heteroatoms. The fourth-order valence-electron chi connectivity index (χ4n) is 3.88. The summed E-state index contributed by atoms with van der Waals surface area (Å²) in [7, 11) is 0. The zero-order valence-corrected chi connectivity index (χ0v) is 18.7. The van der Waals surface area contributed by atoms with Gasteiger partial charge in [-0.05, 0) is 31.5 Å². The van der Waals surface area contributed by atoms with Gasteiger partial charge in [-0.3, -0.25) is 9.69 Å². The largest absolute Gasteiger partial charge is 0.490 e. The van der Waals surface area contributed by atoms with E-state index in [1.807, 2.05) is 36.6 Å². The monoisotopic (exact) mass is 449 g/mol. The van der Waals surface area contributed by atoms with Crippen molar-refractivity contribution in [2.75, 3.05) is 13.2 Å². The van der Waals surface area contributed by atoms with Gasteiger partial charge in [0, 0.05) is 17.4 Å². The number of carbonyl (C=O) groups excluding carboxylic acids is 2. The number of aromatic nitrogens is 1. The quantitative estimate of drug-likeness (QED) is 0.603. The molecule has 3 aromatic rings. The van der Waals surface area contributed by atoms with E-state index < -0.39 is 11.6 Å². The topological polar surface area (TPSA) is 80.8 Å². The number of aryl methyl sites for hydroxylation is 1. The molecule has 5 rings (SSSR count). The molecular weight excluding hydrogens is 426 g/mol. The first-order valence-electron chi connectivity index (χ1n) is 10.5. The lowest BCUT2D eigenvalue weighted by atomic mass is 9.91. The number of ether oxygens (including phenoxy) is 2. The van der Waals surface area contributed by atoms with Crippen LogP contribution in [0, 0.1) is 6.92 Å². The van der Waals surface area contributed by atoms with Gasteiger partial charge in [-0.1, -0.05) is 35.9 Å². The van der Waals surface area contributed by atoms with Crippen LogP contribution in [0.4, 0.5) is 4.79 Å². The van der Waals surface area contributed by atoms with Gasteiger partial charge in [-0.15, -0.1) is 11.3 Å². The van der Waals surface area contributed by atoms with Crippen LogP contribution in [-0.2, 0) is 16.9 Å². The van der Waals surface area contributed by atoms with E-state index in [1.165, 1.54) is 21.8 Å². The highest BCUT2D eigenvalue weighted by Crippen LogP contribution is 2.37. The van der Waals surface area contributed by atoms with Crippen molar-refractivity contribution < 1.29 is 19.1 Å². The lowest BCUT2D eigenvalue weighted by molar-refractivity contribution is -0.131. The van der Waals surface area contributed by atoms with Crippen molar-refractivity contribution in [3.63, 3.8) is 0 Å². The molecule has 3 heterocycles. The Morgan fingerprint density at radius 1 is 1.09 bits per heavy atom. The summed E-state index contributed by atoms with van der Waals surface area (Å²) in [6.45, 7) is 5.01. The molecule has 1 N–H and O–H groups in total. The normalized spacial score (nSPS) is 20.2. The fraction of sp³-hybridized carbons (Fsp3) is 0.292. The Bertz CT molecular complexity index is 1190. The molecule has 0 bridgehead atoms. The number of amides is 3. The van der Waals surface area contributed by atoms with Crippen LogP contribution in [0.15, 0.2) is 47.8 Å². The molecule has 1 saturated heterocycles. The van der Waals surface area contributed by atoms with Crippen LogP contribution >= 0.6 is 11.3 Å². The molecule has 0 aliphatic carbocycles. The van der Waals surface area contributed by atoms with Gasteiger partial charge < -0.3 is 14.8 Å². The number of urea groups is 1. The van der Waals surface area contributed by atoms with Gasteiger partial charge in [0.1, 0.15) is 10.5 Å². The minimum atomic E-state index is -1.18. The molecule has 32 heavy (non-hydrogen) atoms. The number of carbonyl (C=O) groups is 2. The summed E-state index contributed by atoms with van der Waals surface area (Å²) in [4.78, 5) is 31.9. The molecule has 0 spiro atoms. The Morgan fingerprint density at radius 3 is 2.62 bits per heavy atom. The second-order valence-electron chi connectivity index (χ2n) is 8.17. The second-order valence-corrected chi connectivity index (χ2v) is 9.03. The van der Waals surface area contributed by atoms with Gasteiger partial charge in [0.25, 0.3) is 5.91 Å². The maximum Gasteiger partial charge on any atom is 0.325 e. The van der Waals surface area contributed by atoms with Crippen LogP contribution in [0.1, 0.15) is 30.2 Å². The van der Waals surface area contributed by atoms with E-state index in [1.54, 1.807) is 25.1 Å². The molecule has 7 nitrogen and oxygen atoms in total. The molecule has 1 fully saturated rings. The van der Waals surface area contributed by atoms with Gasteiger partial charge in [0.15, 0.2) is 11.5 Å². The highest BCUT2D eigenvalue weighted by atomic mass is 32.1. The summed E-state index contributed by atoms with van der Waals surface area (Å²) in [6.07, 6.45) is 0.795. The van der Waals surface area contributed by atoms with Crippen molar-refractivity contribution in [3.8, 4) is 22.1 Å². The molecule has 2 aromatic carbocycles. The Labute approximate surface area is 190 Å². The maximum atomic E-state index is 13.3. The first kappa shape index (κ1) is 20.5. The van der Waals surface area contributed by atoms with Gasteiger partial charge in [0.2, 0.25) is 0 Å². The molecule has 3 amide bonds. The molecule has 164 valence electrons. The minimum Gasteiger partial charge on any atom is -0.490 e. The summed E-state index contributed by atoms with van der Waals surface area (Å²) >= 11 is 1.50. The molecule has 1 atom stereocenters. The molecule has 0 unspecified atom stereocenters. The van der Waals surface area contributed by atoms with E-state index in [0.29, 0.717) is 36.0 Å². The number of imide groups is 1. The summed E-state index contributed by atoms with van der Waals surface area (Å²) in [5.41, 5.74) is 2.34. The summed E-state index contributed by atoms with van der Waals surface area (Å²) in [6, 6.07) is 13.0. The number of hydrogen-bond donors (Lipinski definition) is 1. The highest BCUT2D eigenvalue weighted by molar-refractivity contribution is 7.13. The fourth-order valence-corrected chi connectivity index (χ4v) is 4.70. The van der Waals surface area contributed by atoms with Crippen molar-refractivity contribution in [2.24, 2.45) is 0 Å². The number of nitrogens with one attached hydrogen (secondary N) is 1. The van der Waals surface area contributed by atoms with E-state index in [2.05, 4.69) is 10.3 Å². The number of benzene rings is 2. The summed E-state index contributed by atoms with van der Waals surface area (Å²) < 4.78 is 11.4. The minimum absolute atomic E-state index is 0.118. The van der Waals surface area contributed by atoms with Crippen LogP contribution < -0.4 is 14.8 Å². The molecule has 2 aliphatic heterocycles. The van der Waals surface area contributed by atoms with Crippen molar-refractivity contribution in [2.45, 2.75) is 32.4 Å². The van der Waals surface area contributed by atoms with Gasteiger partial charge in [-0.25, -0.2) is 9.78 Å². The SMILES string of the molecule is Cc1ccc(-c2nc(CN3C(=O)N[C@](C)(c4ccc5c(c4)OCCCO5)C3=O)cs2)cc1. The Morgan fingerprint density at radius 2 is 1.84 bits per heavy atom. The number of fused-ring (bicyclic) bond motifs is 1. The van der Waals surface area contributed by atoms with Gasteiger partial charge in [-0.2, -0.15) is 0 Å². The van der Waals surface area contributed by atoms with E-state index in [9.17, 15) is 9.59 Å². The zero-order chi connectivity index (χ0) is 22.3. The zero-order valence-electron chi connectivity index (χ0n) is 17.9. The standard InChI is InChI=1S/C24H23N3O4S/c1-15-4-6-16(7-5-15)21-25-18(14-32-21)13-27-22(28)24(2,26-23(27)29)17-8-9-19-20(12-17)31-11-3-10-30-19/h4-9,12,14H,3,10-11,13H2,1-2H3,(H,26,29)/t24-/m1/s1. The Balaban J connectivity index is 1.37. The first-order valence-corrected chi connectivity index (χ1v) is 11.4. The molecule has 0 radical (unpaired) electrons. The Hall–Kier alpha value is -3.39. The van der Waals surface area contributed by atoms with E-state index in [4.69, 9.17) is 9.47 Å². The molecular formula is C24H23N3O4S. The van der Waals surface area contributed by atoms with Gasteiger partial charge in [0.05, 0.1) is 25.5 Å². The van der Waals surface area contributed by atoms with Crippen LogP contribution in [0.5, 0.6) is 11.5 Å². The van der Waals surface area contributed by atoms with Crippen LogP contribution in [-0.4, -0.2) is 35.0 Å². The Kier molecular flexibility index (Phi) is 5.09. The average molecular weight is 450 g/mol. The van der Waals surface area contributed by atoms with Crippen LogP contribution in [0.3, 0.4) is 0 Å². The van der Waals surface area contributed by atoms with Crippen molar-refractivity contribution in [3.05, 3.63) is 64.7 Å². The van der Waals surface area contributed by atoms with E-state index in [-0.39, 0.29) is 12.5 Å². The predicted molar refractivity (Wildman–Crippen MR) is 121 cm³/mol. The number of nitrogens with zero attached hydrogens (tertiary/aromatic N) is 2. The first-order chi connectivity index (χ1) is 15.4. The molecule has 0 saturated carbocycles. The number of rotatable bonds is 4. The third-order valence-electron chi connectivity index (χ3n) is 5.77.